The lowest BCUT2D eigenvalue weighted by Gasteiger charge is -2.33. The van der Waals surface area contributed by atoms with E-state index in [2.05, 4.69) is 34.8 Å². The molecular weight excluding hydrogens is 346 g/mol. The number of nitrogens with zero attached hydrogens (tertiary/aromatic N) is 3. The number of aryl methyl sites for hydroxylation is 1. The Morgan fingerprint density at radius 1 is 1.15 bits per heavy atom. The molecule has 4 rings (SSSR count). The SMILES string of the molecule is Cc1nc(CN2C[C@@H](O)[C@@H](O)C2)c2cc(C3CCC(C)(C)CC3)sc2n1. The van der Waals surface area contributed by atoms with Crippen molar-refractivity contribution in [2.75, 3.05) is 13.1 Å². The average Bonchev–Trinajstić information content (AvgIpc) is 3.11. The highest BCUT2D eigenvalue weighted by Crippen LogP contribution is 2.45. The van der Waals surface area contributed by atoms with Crippen molar-refractivity contribution in [3.05, 3.63) is 22.5 Å². The van der Waals surface area contributed by atoms with Gasteiger partial charge >= 0.3 is 0 Å². The normalized spacial score (nSPS) is 27.4. The summed E-state index contributed by atoms with van der Waals surface area (Å²) in [6, 6.07) is 2.31. The molecule has 1 aliphatic heterocycles. The number of β-amino-alcohol motifs (C(OH)–C–C–N with tert-alkyl or cyclic N) is 2. The quantitative estimate of drug-likeness (QED) is 0.862. The maximum absolute atomic E-state index is 9.81. The molecule has 2 aromatic heterocycles. The molecule has 0 unspecified atom stereocenters. The molecule has 0 spiro atoms. The fourth-order valence-corrected chi connectivity index (χ4v) is 5.58. The van der Waals surface area contributed by atoms with Crippen molar-refractivity contribution < 1.29 is 10.2 Å². The van der Waals surface area contributed by atoms with Crippen LogP contribution in [0.25, 0.3) is 10.2 Å². The molecule has 26 heavy (non-hydrogen) atoms. The van der Waals surface area contributed by atoms with Crippen LogP contribution in [0.2, 0.25) is 0 Å². The highest BCUT2D eigenvalue weighted by molar-refractivity contribution is 7.18. The van der Waals surface area contributed by atoms with Gasteiger partial charge in [0.2, 0.25) is 0 Å². The Kier molecular flexibility index (Phi) is 4.80. The van der Waals surface area contributed by atoms with E-state index in [1.807, 2.05) is 18.3 Å². The molecule has 3 heterocycles. The van der Waals surface area contributed by atoms with Gasteiger partial charge in [-0.1, -0.05) is 13.8 Å². The van der Waals surface area contributed by atoms with E-state index in [-0.39, 0.29) is 0 Å². The van der Waals surface area contributed by atoms with E-state index >= 15 is 0 Å². The fourth-order valence-electron chi connectivity index (χ4n) is 4.31. The molecular formula is C20H29N3O2S. The topological polar surface area (TPSA) is 69.5 Å². The van der Waals surface area contributed by atoms with Gasteiger partial charge < -0.3 is 10.2 Å². The number of aromatic nitrogens is 2. The van der Waals surface area contributed by atoms with Crippen LogP contribution in [0.15, 0.2) is 6.07 Å². The highest BCUT2D eigenvalue weighted by atomic mass is 32.1. The second-order valence-corrected chi connectivity index (χ2v) is 9.91. The van der Waals surface area contributed by atoms with Crippen molar-refractivity contribution >= 4 is 21.6 Å². The van der Waals surface area contributed by atoms with E-state index in [1.165, 1.54) is 30.6 Å². The van der Waals surface area contributed by atoms with Gasteiger partial charge in [-0.25, -0.2) is 9.97 Å². The maximum Gasteiger partial charge on any atom is 0.127 e. The Hall–Kier alpha value is -1.08. The van der Waals surface area contributed by atoms with Crippen LogP contribution in [0, 0.1) is 12.3 Å². The average molecular weight is 376 g/mol. The predicted molar refractivity (Wildman–Crippen MR) is 104 cm³/mol. The van der Waals surface area contributed by atoms with Gasteiger partial charge in [0.25, 0.3) is 0 Å². The van der Waals surface area contributed by atoms with Gasteiger partial charge in [-0.15, -0.1) is 11.3 Å². The molecule has 1 saturated heterocycles. The van der Waals surface area contributed by atoms with Gasteiger partial charge in [-0.3, -0.25) is 4.90 Å². The van der Waals surface area contributed by atoms with Crippen LogP contribution in [-0.4, -0.2) is 50.4 Å². The lowest BCUT2D eigenvalue weighted by atomic mass is 9.73. The lowest BCUT2D eigenvalue weighted by molar-refractivity contribution is 0.0572. The molecule has 0 aromatic carbocycles. The number of rotatable bonds is 3. The first-order valence-corrected chi connectivity index (χ1v) is 10.5. The Morgan fingerprint density at radius 2 is 1.81 bits per heavy atom. The summed E-state index contributed by atoms with van der Waals surface area (Å²) < 4.78 is 0. The zero-order valence-corrected chi connectivity index (χ0v) is 16.7. The molecule has 1 saturated carbocycles. The summed E-state index contributed by atoms with van der Waals surface area (Å²) in [5, 5.41) is 20.8. The predicted octanol–water partition coefficient (Wildman–Crippen LogP) is 3.22. The van der Waals surface area contributed by atoms with Crippen molar-refractivity contribution in [1.82, 2.24) is 14.9 Å². The van der Waals surface area contributed by atoms with Gasteiger partial charge in [0.15, 0.2) is 0 Å². The smallest absolute Gasteiger partial charge is 0.127 e. The molecule has 1 aliphatic carbocycles. The minimum atomic E-state index is -0.656. The minimum Gasteiger partial charge on any atom is -0.389 e. The van der Waals surface area contributed by atoms with Crippen molar-refractivity contribution in [3.63, 3.8) is 0 Å². The third-order valence-electron chi connectivity index (χ3n) is 6.05. The molecule has 0 amide bonds. The van der Waals surface area contributed by atoms with Crippen LogP contribution in [0.5, 0.6) is 0 Å². The Balaban J connectivity index is 1.59. The van der Waals surface area contributed by atoms with Gasteiger partial charge in [0.1, 0.15) is 10.7 Å². The van der Waals surface area contributed by atoms with Gasteiger partial charge in [0.05, 0.1) is 17.9 Å². The summed E-state index contributed by atoms with van der Waals surface area (Å²) in [6.45, 7) is 8.35. The van der Waals surface area contributed by atoms with Crippen LogP contribution in [0.1, 0.15) is 61.8 Å². The molecule has 6 heteroatoms. The third kappa shape index (κ3) is 3.65. The van der Waals surface area contributed by atoms with E-state index in [9.17, 15) is 10.2 Å². The van der Waals surface area contributed by atoms with Crippen LogP contribution in [0.4, 0.5) is 0 Å². The second-order valence-electron chi connectivity index (χ2n) is 8.85. The first-order valence-electron chi connectivity index (χ1n) is 9.66. The van der Waals surface area contributed by atoms with Crippen molar-refractivity contribution in [2.45, 2.75) is 71.1 Å². The number of aliphatic hydroxyl groups is 2. The molecule has 2 aliphatic rings. The minimum absolute atomic E-state index is 0.478. The van der Waals surface area contributed by atoms with Gasteiger partial charge in [-0.05, 0) is 50.0 Å². The van der Waals surface area contributed by atoms with Crippen LogP contribution in [0.3, 0.4) is 0 Å². The van der Waals surface area contributed by atoms with Crippen LogP contribution in [-0.2, 0) is 6.54 Å². The first kappa shape index (κ1) is 18.3. The largest absolute Gasteiger partial charge is 0.389 e. The van der Waals surface area contributed by atoms with E-state index in [4.69, 9.17) is 0 Å². The first-order chi connectivity index (χ1) is 12.3. The number of fused-ring (bicyclic) bond motifs is 1. The molecule has 2 N–H and O–H groups in total. The molecule has 2 aromatic rings. The number of likely N-dealkylation sites (tertiary alicyclic amines) is 1. The fraction of sp³-hybridized carbons (Fsp3) is 0.700. The zero-order chi connectivity index (χ0) is 18.5. The number of hydrogen-bond acceptors (Lipinski definition) is 6. The summed E-state index contributed by atoms with van der Waals surface area (Å²) >= 11 is 1.82. The summed E-state index contributed by atoms with van der Waals surface area (Å²) in [7, 11) is 0. The van der Waals surface area contributed by atoms with Crippen LogP contribution >= 0.6 is 11.3 Å². The number of aliphatic hydroxyl groups excluding tert-OH is 2. The summed E-state index contributed by atoms with van der Waals surface area (Å²) in [4.78, 5) is 14.0. The van der Waals surface area contributed by atoms with Gasteiger partial charge in [-0.2, -0.15) is 0 Å². The van der Waals surface area contributed by atoms with Crippen molar-refractivity contribution in [1.29, 1.82) is 0 Å². The second kappa shape index (κ2) is 6.82. The molecule has 0 bridgehead atoms. The summed E-state index contributed by atoms with van der Waals surface area (Å²) in [5.74, 6) is 1.44. The van der Waals surface area contributed by atoms with Crippen molar-refractivity contribution in [3.8, 4) is 0 Å². The monoisotopic (exact) mass is 375 g/mol. The highest BCUT2D eigenvalue weighted by Gasteiger charge is 2.31. The Bertz CT molecular complexity index is 784. The molecule has 5 nitrogen and oxygen atoms in total. The van der Waals surface area contributed by atoms with Gasteiger partial charge in [0, 0.05) is 29.9 Å². The Morgan fingerprint density at radius 3 is 2.46 bits per heavy atom. The van der Waals surface area contributed by atoms with Crippen molar-refractivity contribution in [2.24, 2.45) is 5.41 Å². The molecule has 2 fully saturated rings. The van der Waals surface area contributed by atoms with E-state index in [1.54, 1.807) is 0 Å². The van der Waals surface area contributed by atoms with E-state index in [0.717, 1.165) is 21.7 Å². The Labute approximate surface area is 159 Å². The van der Waals surface area contributed by atoms with E-state index < -0.39 is 12.2 Å². The molecule has 142 valence electrons. The molecule has 0 radical (unpaired) electrons. The summed E-state index contributed by atoms with van der Waals surface area (Å²) in [5.41, 5.74) is 1.50. The summed E-state index contributed by atoms with van der Waals surface area (Å²) in [6.07, 6.45) is 3.77. The maximum atomic E-state index is 9.81. The zero-order valence-electron chi connectivity index (χ0n) is 15.9. The third-order valence-corrected chi connectivity index (χ3v) is 7.24. The number of thiophene rings is 1. The lowest BCUT2D eigenvalue weighted by Crippen LogP contribution is -2.22. The standard InChI is InChI=1S/C20H29N3O2S/c1-12-21-15(9-23-10-16(24)17(25)11-23)14-8-18(26-19(14)22-12)13-4-6-20(2,3)7-5-13/h8,13,16-17,24-25H,4-7,9-11H2,1-3H3/t16-,17+. The van der Waals surface area contributed by atoms with Crippen LogP contribution < -0.4 is 0 Å². The number of hydrogen-bond donors (Lipinski definition) is 2. The molecule has 2 atom stereocenters. The van der Waals surface area contributed by atoms with E-state index in [0.29, 0.717) is 31.0 Å².